The highest BCUT2D eigenvalue weighted by molar-refractivity contribution is 9.11. The van der Waals surface area contributed by atoms with Crippen molar-refractivity contribution in [1.82, 2.24) is 14.8 Å². The first-order valence-electron chi connectivity index (χ1n) is 5.14. The Hall–Kier alpha value is -1.41. The number of aryl methyl sites for hydroxylation is 1. The molecule has 2 aromatic rings. The summed E-state index contributed by atoms with van der Waals surface area (Å²) in [6.07, 6.45) is 0. The molecule has 0 unspecified atom stereocenters. The minimum Gasteiger partial charge on any atom is -0.495 e. The first-order valence-corrected chi connectivity index (χ1v) is 6.73. The van der Waals surface area contributed by atoms with Gasteiger partial charge in [-0.2, -0.15) is 0 Å². The van der Waals surface area contributed by atoms with Crippen LogP contribution >= 0.6 is 31.9 Å². The second-order valence-electron chi connectivity index (χ2n) is 3.64. The Morgan fingerprint density at radius 1 is 1.37 bits per heavy atom. The zero-order valence-corrected chi connectivity index (χ0v) is 13.2. The smallest absolute Gasteiger partial charge is 0.375 e. The van der Waals surface area contributed by atoms with Gasteiger partial charge in [0.05, 0.1) is 17.3 Å². The summed E-state index contributed by atoms with van der Waals surface area (Å²) in [5.41, 5.74) is 0.651. The molecule has 1 N–H and O–H groups in total. The van der Waals surface area contributed by atoms with Crippen molar-refractivity contribution in [3.63, 3.8) is 0 Å². The molecule has 0 fully saturated rings. The van der Waals surface area contributed by atoms with Gasteiger partial charge >= 0.3 is 5.97 Å². The molecule has 0 aliphatic rings. The van der Waals surface area contributed by atoms with Crippen molar-refractivity contribution in [2.24, 2.45) is 0 Å². The Morgan fingerprint density at radius 3 is 2.58 bits per heavy atom. The number of carboxylic acid groups (broad SMARTS) is 1. The van der Waals surface area contributed by atoms with Gasteiger partial charge in [0.25, 0.3) is 5.82 Å². The second kappa shape index (κ2) is 5.30. The average molecular weight is 391 g/mol. The van der Waals surface area contributed by atoms with Crippen molar-refractivity contribution in [3.8, 4) is 11.4 Å². The number of carbonyl (C=O) groups is 1. The van der Waals surface area contributed by atoms with E-state index in [4.69, 9.17) is 9.84 Å². The number of methoxy groups -OCH3 is 1. The minimum atomic E-state index is -1.16. The Bertz CT molecular complexity index is 655. The maximum atomic E-state index is 10.9. The van der Waals surface area contributed by atoms with Crippen LogP contribution in [0, 0.1) is 6.92 Å². The van der Waals surface area contributed by atoms with Gasteiger partial charge in [-0.15, -0.1) is 5.10 Å². The predicted molar refractivity (Wildman–Crippen MR) is 75.0 cm³/mol. The molecule has 1 aromatic heterocycles. The SMILES string of the molecule is COc1cc(-n2nc(C(=O)O)nc2C)c(Br)cc1Br. The number of hydrogen-bond acceptors (Lipinski definition) is 4. The molecule has 0 saturated carbocycles. The first kappa shape index (κ1) is 14.0. The van der Waals surface area contributed by atoms with Crippen molar-refractivity contribution in [1.29, 1.82) is 0 Å². The Balaban J connectivity index is 2.61. The number of nitrogens with zero attached hydrogens (tertiary/aromatic N) is 3. The number of ether oxygens (including phenoxy) is 1. The Kier molecular flexibility index (Phi) is 3.91. The minimum absolute atomic E-state index is 0.244. The van der Waals surface area contributed by atoms with Crippen molar-refractivity contribution in [3.05, 3.63) is 32.7 Å². The number of carboxylic acids is 1. The van der Waals surface area contributed by atoms with Crippen molar-refractivity contribution in [2.45, 2.75) is 6.92 Å². The van der Waals surface area contributed by atoms with Gasteiger partial charge in [-0.1, -0.05) is 0 Å². The van der Waals surface area contributed by atoms with E-state index < -0.39 is 5.97 Å². The number of aromatic carboxylic acids is 1. The van der Waals surface area contributed by atoms with E-state index in [1.165, 1.54) is 4.68 Å². The lowest BCUT2D eigenvalue weighted by atomic mass is 10.3. The summed E-state index contributed by atoms with van der Waals surface area (Å²) in [6.45, 7) is 1.68. The molecular weight excluding hydrogens is 382 g/mol. The molecule has 0 bridgehead atoms. The van der Waals surface area contributed by atoms with Crippen LogP contribution in [0.4, 0.5) is 0 Å². The van der Waals surface area contributed by atoms with Gasteiger partial charge in [-0.05, 0) is 44.8 Å². The van der Waals surface area contributed by atoms with Crippen LogP contribution in [-0.2, 0) is 0 Å². The number of halogens is 2. The molecule has 0 saturated heterocycles. The predicted octanol–water partition coefficient (Wildman–Crippen LogP) is 2.81. The van der Waals surface area contributed by atoms with Crippen LogP contribution in [0.2, 0.25) is 0 Å². The summed E-state index contributed by atoms with van der Waals surface area (Å²) in [5.74, 6) is -0.319. The highest BCUT2D eigenvalue weighted by atomic mass is 79.9. The average Bonchev–Trinajstić information content (AvgIpc) is 2.72. The summed E-state index contributed by atoms with van der Waals surface area (Å²) in [7, 11) is 1.55. The maximum Gasteiger partial charge on any atom is 0.375 e. The number of benzene rings is 1. The molecule has 0 radical (unpaired) electrons. The molecule has 0 spiro atoms. The molecular formula is C11H9Br2N3O3. The van der Waals surface area contributed by atoms with E-state index in [1.54, 1.807) is 26.2 Å². The lowest BCUT2D eigenvalue weighted by Gasteiger charge is -2.10. The van der Waals surface area contributed by atoms with Gasteiger partial charge in [0.2, 0.25) is 0 Å². The van der Waals surface area contributed by atoms with E-state index in [9.17, 15) is 4.79 Å². The zero-order valence-electron chi connectivity index (χ0n) is 10.0. The number of rotatable bonds is 3. The van der Waals surface area contributed by atoms with Gasteiger partial charge < -0.3 is 9.84 Å². The van der Waals surface area contributed by atoms with Crippen LogP contribution in [0.25, 0.3) is 5.69 Å². The fourth-order valence-electron chi connectivity index (χ4n) is 1.55. The first-order chi connectivity index (χ1) is 8.93. The van der Waals surface area contributed by atoms with Gasteiger partial charge in [-0.3, -0.25) is 0 Å². The zero-order chi connectivity index (χ0) is 14.2. The van der Waals surface area contributed by atoms with Crippen molar-refractivity contribution >= 4 is 37.8 Å². The highest BCUT2D eigenvalue weighted by Gasteiger charge is 2.17. The Labute approximate surface area is 125 Å². The third-order valence-corrected chi connectivity index (χ3v) is 3.66. The molecule has 19 heavy (non-hydrogen) atoms. The van der Waals surface area contributed by atoms with Gasteiger partial charge in [0.15, 0.2) is 0 Å². The van der Waals surface area contributed by atoms with E-state index in [-0.39, 0.29) is 5.82 Å². The summed E-state index contributed by atoms with van der Waals surface area (Å²) in [6, 6.07) is 3.54. The summed E-state index contributed by atoms with van der Waals surface area (Å²) >= 11 is 6.77. The van der Waals surface area contributed by atoms with Crippen LogP contribution in [0.1, 0.15) is 16.4 Å². The van der Waals surface area contributed by atoms with Crippen LogP contribution in [-0.4, -0.2) is 33.0 Å². The summed E-state index contributed by atoms with van der Waals surface area (Å²) in [4.78, 5) is 14.8. The lowest BCUT2D eigenvalue weighted by molar-refractivity contribution is 0.0683. The van der Waals surface area contributed by atoms with E-state index in [1.807, 2.05) is 0 Å². The topological polar surface area (TPSA) is 77.2 Å². The highest BCUT2D eigenvalue weighted by Crippen LogP contribution is 2.33. The third-order valence-electron chi connectivity index (χ3n) is 2.41. The molecule has 0 aliphatic carbocycles. The largest absolute Gasteiger partial charge is 0.495 e. The molecule has 8 heteroatoms. The number of hydrogen-bond donors (Lipinski definition) is 1. The molecule has 100 valence electrons. The fraction of sp³-hybridized carbons (Fsp3) is 0.182. The standard InChI is InChI=1S/C11H9Br2N3O3/c1-5-14-10(11(17)18)15-16(5)8-4-9(19-2)7(13)3-6(8)12/h3-4H,1-2H3,(H,17,18). The van der Waals surface area contributed by atoms with E-state index in [0.29, 0.717) is 17.3 Å². The van der Waals surface area contributed by atoms with Crippen LogP contribution in [0.3, 0.4) is 0 Å². The number of aromatic nitrogens is 3. The van der Waals surface area contributed by atoms with Gasteiger partial charge in [0, 0.05) is 10.5 Å². The maximum absolute atomic E-state index is 10.9. The second-order valence-corrected chi connectivity index (χ2v) is 5.35. The third kappa shape index (κ3) is 2.64. The fourth-order valence-corrected chi connectivity index (χ4v) is 2.87. The molecule has 2 rings (SSSR count). The van der Waals surface area contributed by atoms with Crippen molar-refractivity contribution in [2.75, 3.05) is 7.11 Å². The van der Waals surface area contributed by atoms with Gasteiger partial charge in [0.1, 0.15) is 11.6 Å². The summed E-state index contributed by atoms with van der Waals surface area (Å²) < 4.78 is 8.18. The monoisotopic (exact) mass is 389 g/mol. The molecule has 0 atom stereocenters. The lowest BCUT2D eigenvalue weighted by Crippen LogP contribution is -2.03. The Morgan fingerprint density at radius 2 is 2.05 bits per heavy atom. The van der Waals surface area contributed by atoms with Crippen LogP contribution < -0.4 is 4.74 Å². The van der Waals surface area contributed by atoms with Gasteiger partial charge in [-0.25, -0.2) is 14.5 Å². The van der Waals surface area contributed by atoms with E-state index in [0.717, 1.165) is 8.95 Å². The quantitative estimate of drug-likeness (QED) is 0.871. The molecule has 6 nitrogen and oxygen atoms in total. The van der Waals surface area contributed by atoms with Crippen LogP contribution in [0.15, 0.2) is 21.1 Å². The molecule has 0 aliphatic heterocycles. The van der Waals surface area contributed by atoms with E-state index >= 15 is 0 Å². The van der Waals surface area contributed by atoms with Crippen molar-refractivity contribution < 1.29 is 14.6 Å². The normalized spacial score (nSPS) is 10.5. The summed E-state index contributed by atoms with van der Waals surface area (Å²) in [5, 5.41) is 12.9. The van der Waals surface area contributed by atoms with Crippen LogP contribution in [0.5, 0.6) is 5.75 Å². The molecule has 1 aromatic carbocycles. The molecule has 1 heterocycles. The van der Waals surface area contributed by atoms with E-state index in [2.05, 4.69) is 41.9 Å². The molecule has 0 amide bonds.